The zero-order valence-corrected chi connectivity index (χ0v) is 14.2. The molecule has 0 amide bonds. The number of aromatic nitrogens is 2. The lowest BCUT2D eigenvalue weighted by molar-refractivity contribution is 0.209. The standard InChI is InChI=1S/C14H16ClN3OS2/c1-17(2)4-5-18-13(9(15)8-16-18)14(19)12-7-11-10(21-12)3-6-20-11/h3,6-8,14,19H,4-5H2,1-2H3. The topological polar surface area (TPSA) is 41.3 Å². The molecule has 1 unspecified atom stereocenters. The van der Waals surface area contributed by atoms with E-state index in [9.17, 15) is 5.11 Å². The Morgan fingerprint density at radius 1 is 1.43 bits per heavy atom. The van der Waals surface area contributed by atoms with Crippen LogP contribution in [0.1, 0.15) is 16.7 Å². The molecule has 4 nitrogen and oxygen atoms in total. The summed E-state index contributed by atoms with van der Waals surface area (Å²) < 4.78 is 4.19. The Kier molecular flexibility index (Phi) is 4.33. The summed E-state index contributed by atoms with van der Waals surface area (Å²) in [5.41, 5.74) is 0.674. The van der Waals surface area contributed by atoms with E-state index in [4.69, 9.17) is 11.6 Å². The van der Waals surface area contributed by atoms with Gasteiger partial charge in [0, 0.05) is 20.8 Å². The van der Waals surface area contributed by atoms with Gasteiger partial charge in [0.15, 0.2) is 0 Å². The lowest BCUT2D eigenvalue weighted by Gasteiger charge is -2.15. The highest BCUT2D eigenvalue weighted by atomic mass is 35.5. The molecule has 0 bridgehead atoms. The summed E-state index contributed by atoms with van der Waals surface area (Å²) in [6.45, 7) is 1.54. The largest absolute Gasteiger partial charge is 0.381 e. The Balaban J connectivity index is 1.91. The molecule has 3 aromatic rings. The van der Waals surface area contributed by atoms with Crippen LogP contribution in [0.5, 0.6) is 0 Å². The molecule has 0 radical (unpaired) electrons. The van der Waals surface area contributed by atoms with Crippen LogP contribution in [0, 0.1) is 0 Å². The summed E-state index contributed by atoms with van der Waals surface area (Å²) >= 11 is 9.51. The highest BCUT2D eigenvalue weighted by molar-refractivity contribution is 7.26. The van der Waals surface area contributed by atoms with E-state index in [1.807, 2.05) is 20.2 Å². The molecular weight excluding hydrogens is 326 g/mol. The monoisotopic (exact) mass is 341 g/mol. The van der Waals surface area contributed by atoms with Gasteiger partial charge in [0.2, 0.25) is 0 Å². The first kappa shape index (κ1) is 15.0. The van der Waals surface area contributed by atoms with Gasteiger partial charge in [0.05, 0.1) is 23.5 Å². The maximum atomic E-state index is 10.7. The molecule has 0 aliphatic heterocycles. The highest BCUT2D eigenvalue weighted by Crippen LogP contribution is 2.37. The molecular formula is C14H16ClN3OS2. The van der Waals surface area contributed by atoms with E-state index in [-0.39, 0.29) is 0 Å². The molecule has 0 aromatic carbocycles. The second kappa shape index (κ2) is 6.06. The number of nitrogens with zero attached hydrogens (tertiary/aromatic N) is 3. The molecule has 3 rings (SSSR count). The molecule has 112 valence electrons. The molecule has 0 aliphatic rings. The number of likely N-dealkylation sites (N-methyl/N-ethyl adjacent to an activating group) is 1. The van der Waals surface area contributed by atoms with Crippen LogP contribution in [0.15, 0.2) is 23.7 Å². The van der Waals surface area contributed by atoms with E-state index >= 15 is 0 Å². The molecule has 0 fully saturated rings. The van der Waals surface area contributed by atoms with Gasteiger partial charge in [-0.1, -0.05) is 11.6 Å². The van der Waals surface area contributed by atoms with Gasteiger partial charge in [-0.3, -0.25) is 4.68 Å². The molecule has 0 aliphatic carbocycles. The summed E-state index contributed by atoms with van der Waals surface area (Å²) in [6, 6.07) is 4.11. The number of hydrogen-bond acceptors (Lipinski definition) is 5. The minimum atomic E-state index is -0.730. The number of rotatable bonds is 5. The lowest BCUT2D eigenvalue weighted by atomic mass is 10.2. The van der Waals surface area contributed by atoms with Gasteiger partial charge in [-0.25, -0.2) is 0 Å². The van der Waals surface area contributed by atoms with Gasteiger partial charge in [0.1, 0.15) is 6.10 Å². The van der Waals surface area contributed by atoms with Gasteiger partial charge < -0.3 is 10.0 Å². The maximum Gasteiger partial charge on any atom is 0.131 e. The summed E-state index contributed by atoms with van der Waals surface area (Å²) in [5.74, 6) is 0. The molecule has 7 heteroatoms. The van der Waals surface area contributed by atoms with Gasteiger partial charge >= 0.3 is 0 Å². The van der Waals surface area contributed by atoms with Crippen LogP contribution in [-0.2, 0) is 6.54 Å². The summed E-state index contributed by atoms with van der Waals surface area (Å²) in [4.78, 5) is 2.98. The zero-order valence-electron chi connectivity index (χ0n) is 11.8. The lowest BCUT2D eigenvalue weighted by Crippen LogP contribution is -2.21. The minimum Gasteiger partial charge on any atom is -0.381 e. The van der Waals surface area contributed by atoms with E-state index in [1.54, 1.807) is 33.6 Å². The Hall–Kier alpha value is -0.920. The van der Waals surface area contributed by atoms with Crippen molar-refractivity contribution in [2.24, 2.45) is 0 Å². The Morgan fingerprint density at radius 2 is 2.24 bits per heavy atom. The smallest absolute Gasteiger partial charge is 0.131 e. The molecule has 0 spiro atoms. The van der Waals surface area contributed by atoms with E-state index in [1.165, 1.54) is 9.40 Å². The van der Waals surface area contributed by atoms with Crippen LogP contribution in [0.3, 0.4) is 0 Å². The normalized spacial score (nSPS) is 13.4. The SMILES string of the molecule is CN(C)CCn1ncc(Cl)c1C(O)c1cc2sccc2s1. The third kappa shape index (κ3) is 3.00. The fraction of sp³-hybridized carbons (Fsp3) is 0.357. The highest BCUT2D eigenvalue weighted by Gasteiger charge is 2.22. The third-order valence-electron chi connectivity index (χ3n) is 3.28. The van der Waals surface area contributed by atoms with Crippen molar-refractivity contribution in [1.29, 1.82) is 0 Å². The van der Waals surface area contributed by atoms with Crippen molar-refractivity contribution in [2.75, 3.05) is 20.6 Å². The number of aliphatic hydroxyl groups is 1. The fourth-order valence-electron chi connectivity index (χ4n) is 2.17. The van der Waals surface area contributed by atoms with E-state index in [0.717, 1.165) is 11.4 Å². The Bertz CT molecular complexity index is 718. The summed E-state index contributed by atoms with van der Waals surface area (Å²) in [7, 11) is 4.02. The van der Waals surface area contributed by atoms with Crippen molar-refractivity contribution in [1.82, 2.24) is 14.7 Å². The van der Waals surface area contributed by atoms with Crippen molar-refractivity contribution < 1.29 is 5.11 Å². The van der Waals surface area contributed by atoms with Gasteiger partial charge in [0.25, 0.3) is 0 Å². The Morgan fingerprint density at radius 3 is 2.95 bits per heavy atom. The van der Waals surface area contributed by atoms with Crippen molar-refractivity contribution in [3.05, 3.63) is 39.3 Å². The molecule has 3 aromatic heterocycles. The number of fused-ring (bicyclic) bond motifs is 1. The predicted molar refractivity (Wildman–Crippen MR) is 89.6 cm³/mol. The average Bonchev–Trinajstić information content (AvgIpc) is 3.09. The number of halogens is 1. The third-order valence-corrected chi connectivity index (χ3v) is 5.72. The molecule has 0 saturated carbocycles. The van der Waals surface area contributed by atoms with Crippen molar-refractivity contribution in [3.63, 3.8) is 0 Å². The predicted octanol–water partition coefficient (Wildman–Crippen LogP) is 3.46. The molecule has 1 atom stereocenters. The average molecular weight is 342 g/mol. The fourth-order valence-corrected chi connectivity index (χ4v) is 4.52. The van der Waals surface area contributed by atoms with Crippen molar-refractivity contribution >= 4 is 43.7 Å². The Labute approximate surface area is 136 Å². The van der Waals surface area contributed by atoms with E-state index in [2.05, 4.69) is 21.4 Å². The van der Waals surface area contributed by atoms with E-state index in [0.29, 0.717) is 17.3 Å². The molecule has 1 N–H and O–H groups in total. The molecule has 0 saturated heterocycles. The van der Waals surface area contributed by atoms with Crippen LogP contribution in [0.2, 0.25) is 5.02 Å². The molecule has 3 heterocycles. The quantitative estimate of drug-likeness (QED) is 0.772. The summed E-state index contributed by atoms with van der Waals surface area (Å²) in [6.07, 6.45) is 0.873. The first-order chi connectivity index (χ1) is 10.1. The van der Waals surface area contributed by atoms with Crippen molar-refractivity contribution in [3.8, 4) is 0 Å². The first-order valence-electron chi connectivity index (χ1n) is 6.57. The number of hydrogen-bond donors (Lipinski definition) is 1. The van der Waals surface area contributed by atoms with Gasteiger partial charge in [-0.05, 0) is 31.6 Å². The second-order valence-corrected chi connectivity index (χ2v) is 7.57. The summed E-state index contributed by atoms with van der Waals surface area (Å²) in [5, 5.41) is 17.5. The van der Waals surface area contributed by atoms with Crippen molar-refractivity contribution in [2.45, 2.75) is 12.6 Å². The van der Waals surface area contributed by atoms with Crippen LogP contribution in [0.4, 0.5) is 0 Å². The second-order valence-electron chi connectivity index (χ2n) is 5.10. The minimum absolute atomic E-state index is 0.512. The van der Waals surface area contributed by atoms with Crippen LogP contribution in [-0.4, -0.2) is 40.4 Å². The first-order valence-corrected chi connectivity index (χ1v) is 8.64. The molecule has 21 heavy (non-hydrogen) atoms. The van der Waals surface area contributed by atoms with Gasteiger partial charge in [-0.15, -0.1) is 22.7 Å². The number of thiophene rings is 2. The van der Waals surface area contributed by atoms with Crippen LogP contribution in [0.25, 0.3) is 9.40 Å². The van der Waals surface area contributed by atoms with Gasteiger partial charge in [-0.2, -0.15) is 5.10 Å². The van der Waals surface area contributed by atoms with Crippen LogP contribution < -0.4 is 0 Å². The van der Waals surface area contributed by atoms with E-state index < -0.39 is 6.10 Å². The van der Waals surface area contributed by atoms with Crippen LogP contribution >= 0.6 is 34.3 Å². The zero-order chi connectivity index (χ0) is 15.0. The number of aliphatic hydroxyl groups excluding tert-OH is 1. The maximum absolute atomic E-state index is 10.7.